The van der Waals surface area contributed by atoms with Crippen molar-refractivity contribution in [1.82, 2.24) is 4.98 Å². The van der Waals surface area contributed by atoms with E-state index >= 15 is 0 Å². The Morgan fingerprint density at radius 2 is 1.86 bits per heavy atom. The van der Waals surface area contributed by atoms with Crippen LogP contribution in [0, 0.1) is 10.8 Å². The Morgan fingerprint density at radius 1 is 1.10 bits per heavy atom. The highest BCUT2D eigenvalue weighted by Gasteiger charge is 2.33. The van der Waals surface area contributed by atoms with Gasteiger partial charge in [-0.25, -0.2) is 4.98 Å². The summed E-state index contributed by atoms with van der Waals surface area (Å²) in [5.41, 5.74) is 9.32. The molecule has 0 atom stereocenters. The van der Waals surface area contributed by atoms with Crippen molar-refractivity contribution in [2.75, 3.05) is 5.73 Å². The lowest BCUT2D eigenvalue weighted by Gasteiger charge is -2.39. The summed E-state index contributed by atoms with van der Waals surface area (Å²) in [6.45, 7) is 9.37. The maximum Gasteiger partial charge on any atom is 0.131 e. The third-order valence-electron chi connectivity index (χ3n) is 4.34. The van der Waals surface area contributed by atoms with Gasteiger partial charge in [0.2, 0.25) is 0 Å². The summed E-state index contributed by atoms with van der Waals surface area (Å²) < 4.78 is 0. The second kappa shape index (κ2) is 4.59. The van der Waals surface area contributed by atoms with E-state index in [2.05, 4.69) is 57.0 Å². The average molecular weight is 280 g/mol. The average Bonchev–Trinajstić information content (AvgIpc) is 2.35. The minimum Gasteiger partial charge on any atom is -0.383 e. The largest absolute Gasteiger partial charge is 0.383 e. The second-order valence-corrected chi connectivity index (χ2v) is 7.81. The van der Waals surface area contributed by atoms with Crippen LogP contribution in [0.3, 0.4) is 0 Å². The molecule has 1 aliphatic rings. The zero-order chi connectivity index (χ0) is 15.3. The van der Waals surface area contributed by atoms with Gasteiger partial charge in [0.1, 0.15) is 5.82 Å². The van der Waals surface area contributed by atoms with Crippen LogP contribution in [0.15, 0.2) is 36.5 Å². The molecule has 1 aromatic carbocycles. The first-order chi connectivity index (χ1) is 9.76. The molecule has 0 radical (unpaired) electrons. The Morgan fingerprint density at radius 3 is 2.57 bits per heavy atom. The number of hydrogen-bond donors (Lipinski definition) is 1. The van der Waals surface area contributed by atoms with E-state index < -0.39 is 0 Å². The van der Waals surface area contributed by atoms with E-state index in [4.69, 9.17) is 5.73 Å². The SMILES string of the molecule is CC1(C)C=C(c2ccc3ccnc(N)c3c2)CC(C)(C)C1. The van der Waals surface area contributed by atoms with Crippen LogP contribution in [0.1, 0.15) is 46.1 Å². The van der Waals surface area contributed by atoms with E-state index in [1.54, 1.807) is 6.20 Å². The maximum atomic E-state index is 6.03. The standard InChI is InChI=1S/C19H24N2/c1-18(2)10-15(11-19(3,4)12-18)14-6-5-13-7-8-21-17(20)16(13)9-14/h5-10H,11-12H2,1-4H3,(H2,20,21). The number of nitrogens with two attached hydrogens (primary N) is 1. The molecule has 1 aromatic heterocycles. The van der Waals surface area contributed by atoms with Gasteiger partial charge in [0.25, 0.3) is 0 Å². The number of anilines is 1. The van der Waals surface area contributed by atoms with Gasteiger partial charge in [-0.05, 0) is 52.3 Å². The Bertz CT molecular complexity index is 723. The first-order valence-electron chi connectivity index (χ1n) is 7.62. The van der Waals surface area contributed by atoms with Gasteiger partial charge in [0.05, 0.1) is 0 Å². The highest BCUT2D eigenvalue weighted by Crippen LogP contribution is 2.47. The molecule has 21 heavy (non-hydrogen) atoms. The van der Waals surface area contributed by atoms with Crippen molar-refractivity contribution in [2.45, 2.75) is 40.5 Å². The highest BCUT2D eigenvalue weighted by molar-refractivity contribution is 5.93. The molecule has 0 spiro atoms. The lowest BCUT2D eigenvalue weighted by molar-refractivity contribution is 0.229. The number of nitrogen functional groups attached to an aromatic ring is 1. The van der Waals surface area contributed by atoms with Crippen molar-refractivity contribution < 1.29 is 0 Å². The predicted molar refractivity (Wildman–Crippen MR) is 90.9 cm³/mol. The zero-order valence-corrected chi connectivity index (χ0v) is 13.4. The van der Waals surface area contributed by atoms with E-state index in [0.29, 0.717) is 11.2 Å². The minimum atomic E-state index is 0.243. The molecule has 0 fully saturated rings. The summed E-state index contributed by atoms with van der Waals surface area (Å²) in [5.74, 6) is 0.615. The van der Waals surface area contributed by atoms with Crippen molar-refractivity contribution in [3.05, 3.63) is 42.1 Å². The molecule has 2 N–H and O–H groups in total. The van der Waals surface area contributed by atoms with Gasteiger partial charge in [0, 0.05) is 11.6 Å². The smallest absolute Gasteiger partial charge is 0.131 e. The zero-order valence-electron chi connectivity index (χ0n) is 13.4. The van der Waals surface area contributed by atoms with Crippen LogP contribution in [0.2, 0.25) is 0 Å². The molecule has 2 aromatic rings. The summed E-state index contributed by atoms with van der Waals surface area (Å²) in [6, 6.07) is 8.57. The number of nitrogens with zero attached hydrogens (tertiary/aromatic N) is 1. The molecule has 2 heteroatoms. The van der Waals surface area contributed by atoms with Gasteiger partial charge in [0.15, 0.2) is 0 Å². The molecule has 0 saturated heterocycles. The monoisotopic (exact) mass is 280 g/mol. The predicted octanol–water partition coefficient (Wildman–Crippen LogP) is 5.05. The molecule has 2 nitrogen and oxygen atoms in total. The van der Waals surface area contributed by atoms with Crippen LogP contribution in [0.25, 0.3) is 16.3 Å². The van der Waals surface area contributed by atoms with Crippen molar-refractivity contribution >= 4 is 22.2 Å². The lowest BCUT2D eigenvalue weighted by Crippen LogP contribution is -2.26. The lowest BCUT2D eigenvalue weighted by atomic mass is 9.66. The van der Waals surface area contributed by atoms with Crippen molar-refractivity contribution in [3.8, 4) is 0 Å². The molecule has 3 rings (SSSR count). The van der Waals surface area contributed by atoms with Gasteiger partial charge < -0.3 is 5.73 Å². The molecule has 0 saturated carbocycles. The molecule has 1 aliphatic carbocycles. The number of fused-ring (bicyclic) bond motifs is 1. The number of hydrogen-bond acceptors (Lipinski definition) is 2. The Kier molecular flexibility index (Phi) is 3.09. The van der Waals surface area contributed by atoms with Crippen LogP contribution < -0.4 is 5.73 Å². The number of rotatable bonds is 1. The number of pyridine rings is 1. The van der Waals surface area contributed by atoms with Crippen molar-refractivity contribution in [3.63, 3.8) is 0 Å². The molecule has 0 aliphatic heterocycles. The van der Waals surface area contributed by atoms with Crippen LogP contribution in [-0.2, 0) is 0 Å². The minimum absolute atomic E-state index is 0.243. The van der Waals surface area contributed by atoms with Crippen LogP contribution >= 0.6 is 0 Å². The molecular weight excluding hydrogens is 256 g/mol. The normalized spacial score (nSPS) is 20.3. The Balaban J connectivity index is 2.12. The maximum absolute atomic E-state index is 6.03. The summed E-state index contributed by atoms with van der Waals surface area (Å²) in [7, 11) is 0. The quantitative estimate of drug-likeness (QED) is 0.794. The first kappa shape index (κ1) is 14.1. The highest BCUT2D eigenvalue weighted by atomic mass is 14.8. The van der Waals surface area contributed by atoms with Gasteiger partial charge in [-0.1, -0.05) is 45.9 Å². The van der Waals surface area contributed by atoms with E-state index in [0.717, 1.165) is 17.2 Å². The van der Waals surface area contributed by atoms with Gasteiger partial charge in [-0.2, -0.15) is 0 Å². The summed E-state index contributed by atoms with van der Waals surface area (Å²) in [5, 5.41) is 2.21. The van der Waals surface area contributed by atoms with Crippen LogP contribution in [0.5, 0.6) is 0 Å². The fourth-order valence-electron chi connectivity index (χ4n) is 3.96. The van der Waals surface area contributed by atoms with E-state index in [9.17, 15) is 0 Å². The van der Waals surface area contributed by atoms with E-state index in [-0.39, 0.29) is 5.41 Å². The van der Waals surface area contributed by atoms with Crippen LogP contribution in [0.4, 0.5) is 5.82 Å². The second-order valence-electron chi connectivity index (χ2n) is 7.81. The summed E-state index contributed by atoms with van der Waals surface area (Å²) in [6.07, 6.45) is 6.54. The molecule has 0 bridgehead atoms. The summed E-state index contributed by atoms with van der Waals surface area (Å²) >= 11 is 0. The summed E-state index contributed by atoms with van der Waals surface area (Å²) in [4.78, 5) is 4.21. The molecular formula is C19H24N2. The van der Waals surface area contributed by atoms with Gasteiger partial charge in [-0.3, -0.25) is 0 Å². The van der Waals surface area contributed by atoms with Gasteiger partial charge in [-0.15, -0.1) is 0 Å². The molecule has 0 amide bonds. The molecule has 0 unspecified atom stereocenters. The Labute approximate surface area is 127 Å². The molecule has 1 heterocycles. The third kappa shape index (κ3) is 2.80. The van der Waals surface area contributed by atoms with Gasteiger partial charge >= 0.3 is 0 Å². The first-order valence-corrected chi connectivity index (χ1v) is 7.62. The van der Waals surface area contributed by atoms with Crippen LogP contribution in [-0.4, -0.2) is 4.98 Å². The number of allylic oxidation sites excluding steroid dienone is 2. The fourth-order valence-corrected chi connectivity index (χ4v) is 3.96. The fraction of sp³-hybridized carbons (Fsp3) is 0.421. The number of aromatic nitrogens is 1. The van der Waals surface area contributed by atoms with Crippen molar-refractivity contribution in [1.29, 1.82) is 0 Å². The van der Waals surface area contributed by atoms with E-state index in [1.807, 2.05) is 6.07 Å². The third-order valence-corrected chi connectivity index (χ3v) is 4.34. The van der Waals surface area contributed by atoms with E-state index in [1.165, 1.54) is 17.6 Å². The Hall–Kier alpha value is -1.83. The molecule has 110 valence electrons. The number of benzene rings is 1. The van der Waals surface area contributed by atoms with Crippen molar-refractivity contribution in [2.24, 2.45) is 10.8 Å². The topological polar surface area (TPSA) is 38.9 Å².